The van der Waals surface area contributed by atoms with E-state index >= 15 is 0 Å². The fraction of sp³-hybridized carbons (Fsp3) is 0.200. The lowest BCUT2D eigenvalue weighted by Crippen LogP contribution is -2.28. The molecule has 0 aliphatic rings. The van der Waals surface area contributed by atoms with Gasteiger partial charge in [0.15, 0.2) is 21.3 Å². The Morgan fingerprint density at radius 2 is 1.90 bits per heavy atom. The minimum atomic E-state index is -3.75. The number of rotatable bonds is 5. The van der Waals surface area contributed by atoms with Gasteiger partial charge in [-0.3, -0.25) is 14.6 Å². The molecule has 3 rings (SSSR count). The van der Waals surface area contributed by atoms with Crippen LogP contribution in [-0.4, -0.2) is 60.6 Å². The summed E-state index contributed by atoms with van der Waals surface area (Å²) in [6, 6.07) is 6.28. The van der Waals surface area contributed by atoms with E-state index in [2.05, 4.69) is 15.3 Å². The van der Waals surface area contributed by atoms with E-state index in [-0.39, 0.29) is 33.6 Å². The van der Waals surface area contributed by atoms with Crippen molar-refractivity contribution in [2.75, 3.05) is 20.4 Å². The third kappa shape index (κ3) is 4.45. The number of pyridine rings is 2. The smallest absolute Gasteiger partial charge is 0.274 e. The second kappa shape index (κ2) is 8.26. The van der Waals surface area contributed by atoms with Crippen LogP contribution in [0.5, 0.6) is 5.75 Å². The van der Waals surface area contributed by atoms with Crippen molar-refractivity contribution in [3.63, 3.8) is 0 Å². The predicted molar refractivity (Wildman–Crippen MR) is 110 cm³/mol. The molecule has 0 aliphatic heterocycles. The maximum atomic E-state index is 13.5. The highest BCUT2D eigenvalue weighted by Gasteiger charge is 2.24. The molecule has 2 heterocycles. The summed E-state index contributed by atoms with van der Waals surface area (Å²) in [5, 5.41) is 13.2. The number of nitrogens with zero attached hydrogens (tertiary/aromatic N) is 3. The molecule has 0 spiro atoms. The van der Waals surface area contributed by atoms with E-state index in [0.717, 1.165) is 18.4 Å². The number of carbonyl (C=O) groups is 2. The number of fused-ring (bicyclic) bond motifs is 1. The summed E-state index contributed by atoms with van der Waals surface area (Å²) < 4.78 is 37.3. The first-order valence-corrected chi connectivity index (χ1v) is 10.9. The Morgan fingerprint density at radius 1 is 1.19 bits per heavy atom. The van der Waals surface area contributed by atoms with Crippen LogP contribution in [0.2, 0.25) is 0 Å². The molecule has 0 atom stereocenters. The van der Waals surface area contributed by atoms with Gasteiger partial charge in [-0.2, -0.15) is 0 Å². The van der Waals surface area contributed by atoms with E-state index < -0.39 is 38.9 Å². The van der Waals surface area contributed by atoms with Gasteiger partial charge in [0.25, 0.3) is 11.8 Å². The summed E-state index contributed by atoms with van der Waals surface area (Å²) in [5.41, 5.74) is -0.347. The van der Waals surface area contributed by atoms with Gasteiger partial charge in [0.05, 0.1) is 4.90 Å². The fourth-order valence-electron chi connectivity index (χ4n) is 2.93. The number of hydrogen-bond donors (Lipinski definition) is 2. The lowest BCUT2D eigenvalue weighted by molar-refractivity contribution is 0.0823. The molecule has 0 bridgehead atoms. The van der Waals surface area contributed by atoms with Crippen LogP contribution in [0.25, 0.3) is 10.9 Å². The molecule has 11 heteroatoms. The molecule has 3 aromatic rings. The molecule has 0 saturated heterocycles. The Balaban J connectivity index is 2.01. The first kappa shape index (κ1) is 22.1. The van der Waals surface area contributed by atoms with Crippen molar-refractivity contribution in [3.8, 4) is 5.75 Å². The van der Waals surface area contributed by atoms with Gasteiger partial charge in [0, 0.05) is 38.5 Å². The van der Waals surface area contributed by atoms with Gasteiger partial charge >= 0.3 is 0 Å². The largest absolute Gasteiger partial charge is 0.504 e. The lowest BCUT2D eigenvalue weighted by atomic mass is 10.1. The van der Waals surface area contributed by atoms with Gasteiger partial charge in [-0.05, 0) is 29.8 Å². The predicted octanol–water partition coefficient (Wildman–Crippen LogP) is 1.51. The Labute approximate surface area is 177 Å². The van der Waals surface area contributed by atoms with E-state index in [9.17, 15) is 27.5 Å². The molecule has 0 fully saturated rings. The Bertz CT molecular complexity index is 1310. The zero-order valence-corrected chi connectivity index (χ0v) is 17.7. The van der Waals surface area contributed by atoms with Crippen LogP contribution in [0.15, 0.2) is 41.4 Å². The van der Waals surface area contributed by atoms with Crippen molar-refractivity contribution in [2.24, 2.45) is 0 Å². The zero-order chi connectivity index (χ0) is 22.9. The number of aromatic hydroxyl groups is 1. The molecular formula is C20H19FN4O5S. The van der Waals surface area contributed by atoms with Crippen LogP contribution >= 0.6 is 0 Å². The summed E-state index contributed by atoms with van der Waals surface area (Å²) in [7, 11) is -0.722. The molecule has 0 unspecified atom stereocenters. The first-order valence-electron chi connectivity index (χ1n) is 8.96. The molecule has 1 aromatic carbocycles. The van der Waals surface area contributed by atoms with E-state index in [1.807, 2.05) is 0 Å². The summed E-state index contributed by atoms with van der Waals surface area (Å²) in [6.07, 6.45) is 2.32. The standard InChI is InChI=1S/C20H19FN4O5S/c1-25(2)20(28)16-13-5-4-8-22-15(13)18(26)17(24-16)19(27)23-10-11-6-7-12(21)9-14(11)31(3,29)30/h4-9,26H,10H2,1-3H3,(H,23,27). The molecule has 2 aromatic heterocycles. The van der Waals surface area contributed by atoms with Gasteiger partial charge in [0.1, 0.15) is 17.0 Å². The molecule has 0 radical (unpaired) electrons. The highest BCUT2D eigenvalue weighted by Crippen LogP contribution is 2.28. The monoisotopic (exact) mass is 446 g/mol. The summed E-state index contributed by atoms with van der Waals surface area (Å²) in [6.45, 7) is -0.278. The van der Waals surface area contributed by atoms with Gasteiger partial charge in [-0.1, -0.05) is 6.07 Å². The summed E-state index contributed by atoms with van der Waals surface area (Å²) in [5.74, 6) is -2.61. The number of hydrogen-bond acceptors (Lipinski definition) is 7. The number of sulfone groups is 1. The topological polar surface area (TPSA) is 130 Å². The van der Waals surface area contributed by atoms with Crippen LogP contribution in [-0.2, 0) is 16.4 Å². The number of amides is 2. The van der Waals surface area contributed by atoms with Crippen molar-refractivity contribution < 1.29 is 27.5 Å². The zero-order valence-electron chi connectivity index (χ0n) is 16.9. The van der Waals surface area contributed by atoms with E-state index in [1.54, 1.807) is 12.1 Å². The third-order valence-corrected chi connectivity index (χ3v) is 5.61. The summed E-state index contributed by atoms with van der Waals surface area (Å²) in [4.78, 5) is 34.4. The van der Waals surface area contributed by atoms with Gasteiger partial charge in [-0.25, -0.2) is 17.8 Å². The number of carbonyl (C=O) groups excluding carboxylic acids is 2. The number of benzene rings is 1. The second-order valence-corrected chi connectivity index (χ2v) is 8.95. The molecule has 2 N–H and O–H groups in total. The van der Waals surface area contributed by atoms with Crippen molar-refractivity contribution in [1.29, 1.82) is 0 Å². The number of halogens is 1. The van der Waals surface area contributed by atoms with E-state index in [4.69, 9.17) is 0 Å². The average Bonchev–Trinajstić information content (AvgIpc) is 2.72. The number of aromatic nitrogens is 2. The summed E-state index contributed by atoms with van der Waals surface area (Å²) >= 11 is 0. The van der Waals surface area contributed by atoms with Gasteiger partial charge < -0.3 is 15.3 Å². The first-order chi connectivity index (χ1) is 14.5. The highest BCUT2D eigenvalue weighted by atomic mass is 32.2. The molecule has 162 valence electrons. The normalized spacial score (nSPS) is 11.4. The van der Waals surface area contributed by atoms with Crippen molar-refractivity contribution >= 4 is 32.6 Å². The van der Waals surface area contributed by atoms with E-state index in [0.29, 0.717) is 0 Å². The lowest BCUT2D eigenvalue weighted by Gasteiger charge is -2.15. The quantitative estimate of drug-likeness (QED) is 0.608. The molecular weight excluding hydrogens is 427 g/mol. The minimum Gasteiger partial charge on any atom is -0.504 e. The molecule has 2 amide bonds. The third-order valence-electron chi connectivity index (χ3n) is 4.43. The second-order valence-electron chi connectivity index (χ2n) is 6.96. The highest BCUT2D eigenvalue weighted by molar-refractivity contribution is 7.90. The Hall–Kier alpha value is -3.60. The van der Waals surface area contributed by atoms with Crippen molar-refractivity contribution in [3.05, 3.63) is 59.3 Å². The van der Waals surface area contributed by atoms with Crippen LogP contribution in [0.1, 0.15) is 26.5 Å². The van der Waals surface area contributed by atoms with Crippen LogP contribution in [0.3, 0.4) is 0 Å². The van der Waals surface area contributed by atoms with Gasteiger partial charge in [-0.15, -0.1) is 0 Å². The van der Waals surface area contributed by atoms with Crippen molar-refractivity contribution in [2.45, 2.75) is 11.4 Å². The molecule has 0 saturated carbocycles. The SMILES string of the molecule is CN(C)C(=O)c1nc(C(=O)NCc2ccc(F)cc2S(C)(=O)=O)c(O)c2ncccc12. The molecule has 9 nitrogen and oxygen atoms in total. The Morgan fingerprint density at radius 3 is 2.55 bits per heavy atom. The Kier molecular flexibility index (Phi) is 5.89. The number of nitrogens with one attached hydrogen (secondary N) is 1. The van der Waals surface area contributed by atoms with E-state index in [1.165, 1.54) is 31.3 Å². The maximum absolute atomic E-state index is 13.5. The molecule has 0 aliphatic carbocycles. The fourth-order valence-corrected chi connectivity index (χ4v) is 3.88. The van der Waals surface area contributed by atoms with Crippen LogP contribution < -0.4 is 5.32 Å². The maximum Gasteiger partial charge on any atom is 0.274 e. The van der Waals surface area contributed by atoms with Gasteiger partial charge in [0.2, 0.25) is 0 Å². The molecule has 31 heavy (non-hydrogen) atoms. The van der Waals surface area contributed by atoms with Crippen LogP contribution in [0.4, 0.5) is 4.39 Å². The minimum absolute atomic E-state index is 0.0199. The average molecular weight is 446 g/mol. The van der Waals surface area contributed by atoms with Crippen LogP contribution in [0, 0.1) is 5.82 Å². The van der Waals surface area contributed by atoms with Crippen molar-refractivity contribution in [1.82, 2.24) is 20.2 Å².